The molecule has 0 bridgehead atoms. The summed E-state index contributed by atoms with van der Waals surface area (Å²) in [6, 6.07) is 3.94. The number of hydrogen-bond acceptors (Lipinski definition) is 3. The summed E-state index contributed by atoms with van der Waals surface area (Å²) >= 11 is 0. The normalized spacial score (nSPS) is 13.8. The van der Waals surface area contributed by atoms with Crippen molar-refractivity contribution in [2.75, 3.05) is 17.2 Å². The number of ether oxygens (including phenoxy) is 1. The van der Waals surface area contributed by atoms with E-state index >= 15 is 0 Å². The van der Waals surface area contributed by atoms with E-state index in [1.807, 2.05) is 32.9 Å². The van der Waals surface area contributed by atoms with Gasteiger partial charge in [-0.15, -0.1) is 0 Å². The Balaban J connectivity index is 2.16. The van der Waals surface area contributed by atoms with Gasteiger partial charge in [-0.25, -0.2) is 4.79 Å². The maximum absolute atomic E-state index is 11.8. The summed E-state index contributed by atoms with van der Waals surface area (Å²) in [5.41, 5.74) is 3.88. The van der Waals surface area contributed by atoms with Crippen LogP contribution in [0.1, 0.15) is 31.9 Å². The van der Waals surface area contributed by atoms with E-state index in [9.17, 15) is 4.79 Å². The minimum absolute atomic E-state index is 0.415. The second kappa shape index (κ2) is 4.52. The van der Waals surface area contributed by atoms with Crippen LogP contribution in [0.5, 0.6) is 0 Å². The first-order valence-corrected chi connectivity index (χ1v) is 6.23. The molecule has 2 rings (SSSR count). The highest BCUT2D eigenvalue weighted by atomic mass is 16.6. The standard InChI is InChI=1S/C14H20N2O2/c1-9-5-6-11(12-10(9)7-8-15-12)16-13(17)18-14(2,3)4/h5-6,15H,7-8H2,1-4H3,(H,16,17). The number of amides is 1. The van der Waals surface area contributed by atoms with Gasteiger partial charge in [0.1, 0.15) is 5.60 Å². The fourth-order valence-corrected chi connectivity index (χ4v) is 2.11. The number of carbonyl (C=O) groups excluding carboxylic acids is 1. The van der Waals surface area contributed by atoms with Crippen LogP contribution in [0.2, 0.25) is 0 Å². The van der Waals surface area contributed by atoms with Crippen LogP contribution in [0.3, 0.4) is 0 Å². The van der Waals surface area contributed by atoms with Gasteiger partial charge in [-0.05, 0) is 51.3 Å². The monoisotopic (exact) mass is 248 g/mol. The van der Waals surface area contributed by atoms with Crippen LogP contribution in [-0.4, -0.2) is 18.2 Å². The van der Waals surface area contributed by atoms with E-state index < -0.39 is 11.7 Å². The predicted molar refractivity (Wildman–Crippen MR) is 73.2 cm³/mol. The molecule has 18 heavy (non-hydrogen) atoms. The largest absolute Gasteiger partial charge is 0.444 e. The van der Waals surface area contributed by atoms with Crippen molar-refractivity contribution in [3.8, 4) is 0 Å². The van der Waals surface area contributed by atoms with Crippen molar-refractivity contribution in [3.63, 3.8) is 0 Å². The lowest BCUT2D eigenvalue weighted by Gasteiger charge is -2.20. The van der Waals surface area contributed by atoms with Crippen LogP contribution in [-0.2, 0) is 11.2 Å². The Hall–Kier alpha value is -1.71. The predicted octanol–water partition coefficient (Wildman–Crippen LogP) is 3.31. The Morgan fingerprint density at radius 1 is 1.39 bits per heavy atom. The summed E-state index contributed by atoms with van der Waals surface area (Å²) < 4.78 is 5.25. The van der Waals surface area contributed by atoms with E-state index in [0.29, 0.717) is 0 Å². The average Bonchev–Trinajstić information content (AvgIpc) is 2.69. The molecule has 1 heterocycles. The van der Waals surface area contributed by atoms with Crippen molar-refractivity contribution < 1.29 is 9.53 Å². The van der Waals surface area contributed by atoms with Crippen LogP contribution in [0.4, 0.5) is 16.2 Å². The Kier molecular flexibility index (Phi) is 3.20. The molecule has 0 atom stereocenters. The average molecular weight is 248 g/mol. The van der Waals surface area contributed by atoms with Crippen LogP contribution in [0.25, 0.3) is 0 Å². The number of fused-ring (bicyclic) bond motifs is 1. The zero-order chi connectivity index (χ0) is 13.3. The molecule has 0 fully saturated rings. The fraction of sp³-hybridized carbons (Fsp3) is 0.500. The van der Waals surface area contributed by atoms with E-state index in [0.717, 1.165) is 24.3 Å². The molecule has 0 saturated carbocycles. The number of carbonyl (C=O) groups is 1. The van der Waals surface area contributed by atoms with E-state index in [2.05, 4.69) is 17.6 Å². The SMILES string of the molecule is Cc1ccc(NC(=O)OC(C)(C)C)c2c1CCN2. The maximum Gasteiger partial charge on any atom is 0.412 e. The number of anilines is 2. The first-order valence-electron chi connectivity index (χ1n) is 6.23. The van der Waals surface area contributed by atoms with Gasteiger partial charge in [0.15, 0.2) is 0 Å². The molecule has 0 radical (unpaired) electrons. The summed E-state index contributed by atoms with van der Waals surface area (Å²) in [5, 5.41) is 6.11. The van der Waals surface area contributed by atoms with Crippen molar-refractivity contribution >= 4 is 17.5 Å². The highest BCUT2D eigenvalue weighted by Crippen LogP contribution is 2.33. The van der Waals surface area contributed by atoms with Crippen molar-refractivity contribution in [3.05, 3.63) is 23.3 Å². The van der Waals surface area contributed by atoms with E-state index in [-0.39, 0.29) is 0 Å². The maximum atomic E-state index is 11.8. The minimum atomic E-state index is -0.481. The van der Waals surface area contributed by atoms with Crippen molar-refractivity contribution in [1.29, 1.82) is 0 Å². The second-order valence-corrected chi connectivity index (χ2v) is 5.59. The van der Waals surface area contributed by atoms with Gasteiger partial charge in [0, 0.05) is 6.54 Å². The summed E-state index contributed by atoms with van der Waals surface area (Å²) in [6.45, 7) is 8.56. The first kappa shape index (κ1) is 12.7. The molecule has 0 spiro atoms. The van der Waals surface area contributed by atoms with Gasteiger partial charge in [0.05, 0.1) is 11.4 Å². The zero-order valence-electron chi connectivity index (χ0n) is 11.4. The van der Waals surface area contributed by atoms with Gasteiger partial charge in [0.25, 0.3) is 0 Å². The van der Waals surface area contributed by atoms with E-state index in [1.165, 1.54) is 11.1 Å². The fourth-order valence-electron chi connectivity index (χ4n) is 2.11. The molecule has 98 valence electrons. The third-order valence-electron chi connectivity index (χ3n) is 2.86. The molecule has 0 saturated heterocycles. The minimum Gasteiger partial charge on any atom is -0.444 e. The zero-order valence-corrected chi connectivity index (χ0v) is 11.4. The van der Waals surface area contributed by atoms with Crippen LogP contribution >= 0.6 is 0 Å². The van der Waals surface area contributed by atoms with Crippen LogP contribution < -0.4 is 10.6 Å². The first-order chi connectivity index (χ1) is 8.37. The summed E-state index contributed by atoms with van der Waals surface area (Å²) in [5.74, 6) is 0. The lowest BCUT2D eigenvalue weighted by atomic mass is 10.1. The molecule has 2 N–H and O–H groups in total. The molecular weight excluding hydrogens is 228 g/mol. The van der Waals surface area contributed by atoms with E-state index in [4.69, 9.17) is 4.74 Å². The molecule has 1 aliphatic rings. The topological polar surface area (TPSA) is 50.4 Å². The molecule has 1 amide bonds. The van der Waals surface area contributed by atoms with Gasteiger partial charge in [-0.3, -0.25) is 5.32 Å². The lowest BCUT2D eigenvalue weighted by Crippen LogP contribution is -2.27. The smallest absolute Gasteiger partial charge is 0.412 e. The Bertz CT molecular complexity index is 475. The lowest BCUT2D eigenvalue weighted by molar-refractivity contribution is 0.0636. The van der Waals surface area contributed by atoms with Crippen molar-refractivity contribution in [2.45, 2.75) is 39.7 Å². The molecule has 1 aliphatic heterocycles. The summed E-state index contributed by atoms with van der Waals surface area (Å²) in [7, 11) is 0. The number of rotatable bonds is 1. The molecule has 1 aromatic rings. The van der Waals surface area contributed by atoms with Crippen LogP contribution in [0.15, 0.2) is 12.1 Å². The number of hydrogen-bond donors (Lipinski definition) is 2. The third kappa shape index (κ3) is 2.75. The molecule has 4 nitrogen and oxygen atoms in total. The van der Waals surface area contributed by atoms with Gasteiger partial charge in [-0.2, -0.15) is 0 Å². The quantitative estimate of drug-likeness (QED) is 0.801. The highest BCUT2D eigenvalue weighted by molar-refractivity contribution is 5.91. The summed E-state index contributed by atoms with van der Waals surface area (Å²) in [4.78, 5) is 11.8. The molecule has 0 aliphatic carbocycles. The number of benzene rings is 1. The number of nitrogens with one attached hydrogen (secondary N) is 2. The molecule has 4 heteroatoms. The molecule has 1 aromatic carbocycles. The Morgan fingerprint density at radius 2 is 2.11 bits per heavy atom. The van der Waals surface area contributed by atoms with Gasteiger partial charge < -0.3 is 10.1 Å². The Morgan fingerprint density at radius 3 is 2.78 bits per heavy atom. The van der Waals surface area contributed by atoms with Crippen LogP contribution in [0, 0.1) is 6.92 Å². The van der Waals surface area contributed by atoms with Gasteiger partial charge in [0.2, 0.25) is 0 Å². The third-order valence-corrected chi connectivity index (χ3v) is 2.86. The van der Waals surface area contributed by atoms with E-state index in [1.54, 1.807) is 0 Å². The highest BCUT2D eigenvalue weighted by Gasteiger charge is 2.20. The van der Waals surface area contributed by atoms with Gasteiger partial charge >= 0.3 is 6.09 Å². The second-order valence-electron chi connectivity index (χ2n) is 5.59. The summed E-state index contributed by atoms with van der Waals surface area (Å²) in [6.07, 6.45) is 0.590. The Labute approximate surface area is 108 Å². The van der Waals surface area contributed by atoms with Crippen molar-refractivity contribution in [2.24, 2.45) is 0 Å². The molecule has 0 unspecified atom stereocenters. The van der Waals surface area contributed by atoms with Crippen molar-refractivity contribution in [1.82, 2.24) is 0 Å². The number of aryl methyl sites for hydroxylation is 1. The molecular formula is C14H20N2O2. The van der Waals surface area contributed by atoms with Gasteiger partial charge in [-0.1, -0.05) is 6.07 Å². The molecule has 0 aromatic heterocycles.